The number of hydrogen-bond donors (Lipinski definition) is 1. The number of nitro groups is 2. The van der Waals surface area contributed by atoms with E-state index in [1.165, 1.54) is 49.4 Å². The number of anilines is 1. The summed E-state index contributed by atoms with van der Waals surface area (Å²) in [7, 11) is 0. The van der Waals surface area contributed by atoms with Crippen molar-refractivity contribution in [3.8, 4) is 5.75 Å². The minimum atomic E-state index is -1.22. The molecule has 146 valence electrons. The van der Waals surface area contributed by atoms with Crippen LogP contribution < -0.4 is 10.1 Å². The molecule has 1 atom stereocenters. The SMILES string of the molecule is CC(OC(=O)COc1ccccc1[N+](=O)[O-])C(=O)Nc1cccc([N+](=O)[O-])c1. The van der Waals surface area contributed by atoms with E-state index in [9.17, 15) is 29.8 Å². The molecular formula is C17H15N3O8. The van der Waals surface area contributed by atoms with Crippen LogP contribution >= 0.6 is 0 Å². The highest BCUT2D eigenvalue weighted by Gasteiger charge is 2.20. The molecule has 1 N–H and O–H groups in total. The Labute approximate surface area is 158 Å². The van der Waals surface area contributed by atoms with E-state index >= 15 is 0 Å². The summed E-state index contributed by atoms with van der Waals surface area (Å²) in [5.74, 6) is -1.74. The third-order valence-electron chi connectivity index (χ3n) is 3.41. The summed E-state index contributed by atoms with van der Waals surface area (Å²) < 4.78 is 9.98. The lowest BCUT2D eigenvalue weighted by molar-refractivity contribution is -0.385. The molecule has 0 aliphatic carbocycles. The Hall–Kier alpha value is -4.02. The molecule has 0 aromatic heterocycles. The maximum Gasteiger partial charge on any atom is 0.344 e. The second-order valence-corrected chi connectivity index (χ2v) is 5.44. The van der Waals surface area contributed by atoms with E-state index in [1.54, 1.807) is 0 Å². The molecule has 0 aliphatic heterocycles. The van der Waals surface area contributed by atoms with Crippen molar-refractivity contribution in [3.05, 3.63) is 68.8 Å². The third-order valence-corrected chi connectivity index (χ3v) is 3.41. The first-order valence-corrected chi connectivity index (χ1v) is 7.89. The van der Waals surface area contributed by atoms with Gasteiger partial charge in [0.1, 0.15) is 0 Å². The molecule has 0 aliphatic rings. The van der Waals surface area contributed by atoms with E-state index in [1.807, 2.05) is 0 Å². The molecule has 28 heavy (non-hydrogen) atoms. The summed E-state index contributed by atoms with van der Waals surface area (Å²) in [5, 5.41) is 24.0. The van der Waals surface area contributed by atoms with E-state index in [0.717, 1.165) is 6.07 Å². The molecule has 2 aromatic carbocycles. The van der Waals surface area contributed by atoms with Gasteiger partial charge in [-0.2, -0.15) is 0 Å². The number of ether oxygens (including phenoxy) is 2. The minimum Gasteiger partial charge on any atom is -0.475 e. The molecule has 2 aromatic rings. The smallest absolute Gasteiger partial charge is 0.344 e. The van der Waals surface area contributed by atoms with Crippen LogP contribution in [0.15, 0.2) is 48.5 Å². The van der Waals surface area contributed by atoms with Crippen LogP contribution in [0.3, 0.4) is 0 Å². The van der Waals surface area contributed by atoms with Crippen molar-refractivity contribution in [2.24, 2.45) is 0 Å². The van der Waals surface area contributed by atoms with Crippen LogP contribution in [-0.4, -0.2) is 34.4 Å². The maximum atomic E-state index is 12.1. The van der Waals surface area contributed by atoms with Gasteiger partial charge in [-0.1, -0.05) is 18.2 Å². The van der Waals surface area contributed by atoms with E-state index in [4.69, 9.17) is 9.47 Å². The van der Waals surface area contributed by atoms with Crippen molar-refractivity contribution in [2.75, 3.05) is 11.9 Å². The highest BCUT2D eigenvalue weighted by molar-refractivity contribution is 5.95. The van der Waals surface area contributed by atoms with Crippen molar-refractivity contribution in [3.63, 3.8) is 0 Å². The number of para-hydroxylation sites is 2. The first-order valence-electron chi connectivity index (χ1n) is 7.89. The van der Waals surface area contributed by atoms with Crippen LogP contribution in [0, 0.1) is 20.2 Å². The number of hydrogen-bond acceptors (Lipinski definition) is 8. The molecule has 1 unspecified atom stereocenters. The van der Waals surface area contributed by atoms with Crippen LogP contribution in [0.2, 0.25) is 0 Å². The van der Waals surface area contributed by atoms with Gasteiger partial charge in [0.2, 0.25) is 0 Å². The number of esters is 1. The maximum absolute atomic E-state index is 12.1. The standard InChI is InChI=1S/C17H15N3O8/c1-11(17(22)18-12-5-4-6-13(9-12)19(23)24)28-16(21)10-27-15-8-3-2-7-14(15)20(25)26/h2-9,11H,10H2,1H3,(H,18,22). The lowest BCUT2D eigenvalue weighted by atomic mass is 10.2. The highest BCUT2D eigenvalue weighted by Crippen LogP contribution is 2.25. The van der Waals surface area contributed by atoms with Crippen molar-refractivity contribution >= 4 is 28.9 Å². The predicted octanol–water partition coefficient (Wildman–Crippen LogP) is 2.45. The summed E-state index contributed by atoms with van der Waals surface area (Å²) in [4.78, 5) is 44.2. The average Bonchev–Trinajstić information content (AvgIpc) is 2.66. The summed E-state index contributed by atoms with van der Waals surface area (Å²) in [5.41, 5.74) is -0.356. The number of amides is 1. The number of carbonyl (C=O) groups excluding carboxylic acids is 2. The Kier molecular flexibility index (Phi) is 6.58. The van der Waals surface area contributed by atoms with Crippen LogP contribution in [-0.2, 0) is 14.3 Å². The van der Waals surface area contributed by atoms with Gasteiger partial charge in [0.25, 0.3) is 11.6 Å². The molecule has 0 saturated carbocycles. The number of nitro benzene ring substituents is 2. The molecule has 0 fully saturated rings. The summed E-state index contributed by atoms with van der Waals surface area (Å²) in [6, 6.07) is 10.7. The van der Waals surface area contributed by atoms with Gasteiger partial charge in [0.15, 0.2) is 18.5 Å². The van der Waals surface area contributed by atoms with Crippen LogP contribution in [0.1, 0.15) is 6.92 Å². The van der Waals surface area contributed by atoms with Gasteiger partial charge in [0.05, 0.1) is 9.85 Å². The number of non-ortho nitro benzene ring substituents is 1. The molecule has 11 nitrogen and oxygen atoms in total. The number of benzene rings is 2. The van der Waals surface area contributed by atoms with Crippen LogP contribution in [0.5, 0.6) is 5.75 Å². The first kappa shape index (κ1) is 20.3. The highest BCUT2D eigenvalue weighted by atomic mass is 16.6. The van der Waals surface area contributed by atoms with Gasteiger partial charge in [-0.05, 0) is 19.1 Å². The summed E-state index contributed by atoms with van der Waals surface area (Å²) in [6.07, 6.45) is -1.22. The van der Waals surface area contributed by atoms with Crippen LogP contribution in [0.4, 0.5) is 17.1 Å². The molecule has 11 heteroatoms. The lowest BCUT2D eigenvalue weighted by Gasteiger charge is -2.14. The topological polar surface area (TPSA) is 151 Å². The van der Waals surface area contributed by atoms with Gasteiger partial charge in [-0.25, -0.2) is 4.79 Å². The first-order chi connectivity index (χ1) is 13.3. The fourth-order valence-electron chi connectivity index (χ4n) is 2.09. The molecule has 0 heterocycles. The van der Waals surface area contributed by atoms with E-state index in [-0.39, 0.29) is 22.8 Å². The Balaban J connectivity index is 1.90. The van der Waals surface area contributed by atoms with Gasteiger partial charge >= 0.3 is 11.7 Å². The lowest BCUT2D eigenvalue weighted by Crippen LogP contribution is -2.31. The zero-order valence-corrected chi connectivity index (χ0v) is 14.6. The fraction of sp³-hybridized carbons (Fsp3) is 0.176. The van der Waals surface area contributed by atoms with Gasteiger partial charge in [-0.15, -0.1) is 0 Å². The second-order valence-electron chi connectivity index (χ2n) is 5.44. The van der Waals surface area contributed by atoms with Gasteiger partial charge in [-0.3, -0.25) is 25.0 Å². The number of carbonyl (C=O) groups is 2. The van der Waals surface area contributed by atoms with E-state index in [0.29, 0.717) is 0 Å². The van der Waals surface area contributed by atoms with E-state index in [2.05, 4.69) is 5.32 Å². The summed E-state index contributed by atoms with van der Waals surface area (Å²) in [6.45, 7) is 0.662. The Morgan fingerprint density at radius 2 is 1.79 bits per heavy atom. The number of nitrogens with zero attached hydrogens (tertiary/aromatic N) is 2. The van der Waals surface area contributed by atoms with Crippen molar-refractivity contribution in [1.29, 1.82) is 0 Å². The van der Waals surface area contributed by atoms with Crippen LogP contribution in [0.25, 0.3) is 0 Å². The third kappa shape index (κ3) is 5.49. The quantitative estimate of drug-likeness (QED) is 0.411. The Morgan fingerprint density at radius 3 is 2.46 bits per heavy atom. The largest absolute Gasteiger partial charge is 0.475 e. The average molecular weight is 389 g/mol. The minimum absolute atomic E-state index is 0.113. The second kappa shape index (κ2) is 9.07. The molecule has 0 bridgehead atoms. The predicted molar refractivity (Wildman–Crippen MR) is 95.9 cm³/mol. The molecule has 0 spiro atoms. The molecular weight excluding hydrogens is 374 g/mol. The zero-order valence-electron chi connectivity index (χ0n) is 14.6. The molecule has 2 rings (SSSR count). The molecule has 1 amide bonds. The molecule has 0 radical (unpaired) electrons. The Morgan fingerprint density at radius 1 is 1.07 bits per heavy atom. The number of rotatable bonds is 8. The summed E-state index contributed by atoms with van der Waals surface area (Å²) >= 11 is 0. The van der Waals surface area contributed by atoms with Crippen molar-refractivity contribution < 1.29 is 28.9 Å². The van der Waals surface area contributed by atoms with Gasteiger partial charge < -0.3 is 14.8 Å². The normalized spacial score (nSPS) is 11.2. The van der Waals surface area contributed by atoms with Gasteiger partial charge in [0, 0.05) is 23.9 Å². The van der Waals surface area contributed by atoms with E-state index < -0.39 is 34.4 Å². The number of nitrogens with one attached hydrogen (secondary N) is 1. The Bertz CT molecular complexity index is 915. The monoisotopic (exact) mass is 389 g/mol. The fourth-order valence-corrected chi connectivity index (χ4v) is 2.09. The van der Waals surface area contributed by atoms with Crippen molar-refractivity contribution in [2.45, 2.75) is 13.0 Å². The zero-order chi connectivity index (χ0) is 20.7. The molecule has 0 saturated heterocycles. The van der Waals surface area contributed by atoms with Crippen molar-refractivity contribution in [1.82, 2.24) is 0 Å².